The van der Waals surface area contributed by atoms with Crippen LogP contribution in [0, 0.1) is 6.92 Å². The van der Waals surface area contributed by atoms with Crippen molar-refractivity contribution >= 4 is 17.5 Å². The molecule has 1 aromatic heterocycles. The molecule has 0 saturated carbocycles. The van der Waals surface area contributed by atoms with Crippen LogP contribution in [-0.4, -0.2) is 32.5 Å². The Bertz CT molecular complexity index is 388. The molecule has 0 radical (unpaired) electrons. The standard InChI is InChI=1S/C10H14ClN3O/c1-7-3-9(13(2)12-7)6-14-5-8(11)4-10(14)15/h3,8H,4-6H2,1-2H3. The Morgan fingerprint density at radius 1 is 1.67 bits per heavy atom. The molecule has 1 fully saturated rings. The van der Waals surface area contributed by atoms with E-state index in [4.69, 9.17) is 11.6 Å². The number of carbonyl (C=O) groups excluding carboxylic acids is 1. The summed E-state index contributed by atoms with van der Waals surface area (Å²) in [5.74, 6) is 0.133. The number of amides is 1. The van der Waals surface area contributed by atoms with Crippen molar-refractivity contribution in [3.05, 3.63) is 17.5 Å². The second kappa shape index (κ2) is 3.85. The molecule has 1 aliphatic rings. The lowest BCUT2D eigenvalue weighted by molar-refractivity contribution is -0.128. The van der Waals surface area contributed by atoms with E-state index in [1.165, 1.54) is 0 Å². The van der Waals surface area contributed by atoms with Crippen LogP contribution in [0.25, 0.3) is 0 Å². The van der Waals surface area contributed by atoms with Crippen LogP contribution < -0.4 is 0 Å². The summed E-state index contributed by atoms with van der Waals surface area (Å²) in [6.45, 7) is 3.20. The highest BCUT2D eigenvalue weighted by molar-refractivity contribution is 6.22. The van der Waals surface area contributed by atoms with Gasteiger partial charge in [0.25, 0.3) is 0 Å². The van der Waals surface area contributed by atoms with E-state index in [1.54, 1.807) is 4.90 Å². The fraction of sp³-hybridized carbons (Fsp3) is 0.600. The van der Waals surface area contributed by atoms with E-state index in [1.807, 2.05) is 24.7 Å². The second-order valence-electron chi connectivity index (χ2n) is 3.98. The highest BCUT2D eigenvalue weighted by atomic mass is 35.5. The fourth-order valence-electron chi connectivity index (χ4n) is 1.88. The minimum Gasteiger partial charge on any atom is -0.335 e. The SMILES string of the molecule is Cc1cc(CN2CC(Cl)CC2=O)n(C)n1. The van der Waals surface area contributed by atoms with Crippen LogP contribution in [0.4, 0.5) is 0 Å². The average molecular weight is 228 g/mol. The summed E-state index contributed by atoms with van der Waals surface area (Å²) in [6.07, 6.45) is 0.457. The molecule has 0 bridgehead atoms. The lowest BCUT2D eigenvalue weighted by Crippen LogP contribution is -2.25. The Hall–Kier alpha value is -1.03. The molecular formula is C10H14ClN3O. The summed E-state index contributed by atoms with van der Waals surface area (Å²) in [5.41, 5.74) is 2.02. The maximum absolute atomic E-state index is 11.5. The fourth-order valence-corrected chi connectivity index (χ4v) is 2.18. The number of nitrogens with zero attached hydrogens (tertiary/aromatic N) is 3. The van der Waals surface area contributed by atoms with Gasteiger partial charge in [0.2, 0.25) is 5.91 Å². The van der Waals surface area contributed by atoms with Crippen molar-refractivity contribution in [3.8, 4) is 0 Å². The third-order valence-electron chi connectivity index (χ3n) is 2.62. The van der Waals surface area contributed by atoms with Crippen molar-refractivity contribution < 1.29 is 4.79 Å². The van der Waals surface area contributed by atoms with Crippen LogP contribution in [0.5, 0.6) is 0 Å². The van der Waals surface area contributed by atoms with Crippen LogP contribution in [0.3, 0.4) is 0 Å². The second-order valence-corrected chi connectivity index (χ2v) is 4.59. The van der Waals surface area contributed by atoms with Crippen molar-refractivity contribution in [2.75, 3.05) is 6.54 Å². The molecule has 2 heterocycles. The van der Waals surface area contributed by atoms with Crippen molar-refractivity contribution in [2.24, 2.45) is 7.05 Å². The molecule has 1 atom stereocenters. The monoisotopic (exact) mass is 227 g/mol. The highest BCUT2D eigenvalue weighted by Crippen LogP contribution is 2.18. The largest absolute Gasteiger partial charge is 0.335 e. The first-order chi connectivity index (χ1) is 7.06. The molecule has 1 aliphatic heterocycles. The summed E-state index contributed by atoms with van der Waals surface area (Å²) in [4.78, 5) is 13.3. The van der Waals surface area contributed by atoms with E-state index in [2.05, 4.69) is 5.10 Å². The molecule has 1 aromatic rings. The van der Waals surface area contributed by atoms with Gasteiger partial charge in [-0.15, -0.1) is 11.6 Å². The van der Waals surface area contributed by atoms with Gasteiger partial charge < -0.3 is 4.90 Å². The average Bonchev–Trinajstić information content (AvgIpc) is 2.58. The molecule has 0 N–H and O–H groups in total. The van der Waals surface area contributed by atoms with Gasteiger partial charge in [-0.1, -0.05) is 0 Å². The van der Waals surface area contributed by atoms with E-state index in [0.29, 0.717) is 19.5 Å². The zero-order valence-corrected chi connectivity index (χ0v) is 9.66. The van der Waals surface area contributed by atoms with Crippen molar-refractivity contribution in [1.82, 2.24) is 14.7 Å². The van der Waals surface area contributed by atoms with Gasteiger partial charge in [0.15, 0.2) is 0 Å². The summed E-state index contributed by atoms with van der Waals surface area (Å²) >= 11 is 5.93. The van der Waals surface area contributed by atoms with Gasteiger partial charge in [-0.25, -0.2) is 0 Å². The Morgan fingerprint density at radius 2 is 2.40 bits per heavy atom. The third-order valence-corrected chi connectivity index (χ3v) is 2.91. The molecule has 4 nitrogen and oxygen atoms in total. The zero-order valence-electron chi connectivity index (χ0n) is 8.90. The van der Waals surface area contributed by atoms with E-state index in [-0.39, 0.29) is 11.3 Å². The van der Waals surface area contributed by atoms with E-state index < -0.39 is 0 Å². The third kappa shape index (κ3) is 2.15. The number of aryl methyl sites for hydroxylation is 2. The molecule has 5 heteroatoms. The van der Waals surface area contributed by atoms with Gasteiger partial charge in [-0.05, 0) is 13.0 Å². The van der Waals surface area contributed by atoms with Crippen LogP contribution in [0.15, 0.2) is 6.07 Å². The summed E-state index contributed by atoms with van der Waals surface area (Å²) in [6, 6.07) is 1.99. The maximum Gasteiger partial charge on any atom is 0.224 e. The summed E-state index contributed by atoms with van der Waals surface area (Å²) in [7, 11) is 1.89. The number of hydrogen-bond acceptors (Lipinski definition) is 2. The van der Waals surface area contributed by atoms with Gasteiger partial charge in [0.1, 0.15) is 0 Å². The molecule has 0 aromatic carbocycles. The van der Waals surface area contributed by atoms with Crippen molar-refractivity contribution in [2.45, 2.75) is 25.3 Å². The zero-order chi connectivity index (χ0) is 11.0. The first-order valence-corrected chi connectivity index (χ1v) is 5.41. The van der Waals surface area contributed by atoms with Crippen LogP contribution in [0.1, 0.15) is 17.8 Å². The molecule has 15 heavy (non-hydrogen) atoms. The van der Waals surface area contributed by atoms with E-state index >= 15 is 0 Å². The normalized spacial score (nSPS) is 21.4. The minimum absolute atomic E-state index is 0.0353. The highest BCUT2D eigenvalue weighted by Gasteiger charge is 2.28. The Kier molecular flexibility index (Phi) is 2.69. The molecule has 82 valence electrons. The first-order valence-electron chi connectivity index (χ1n) is 4.97. The Morgan fingerprint density at radius 3 is 2.87 bits per heavy atom. The van der Waals surface area contributed by atoms with Gasteiger partial charge in [0, 0.05) is 20.0 Å². The number of halogens is 1. The number of likely N-dealkylation sites (tertiary alicyclic amines) is 1. The summed E-state index contributed by atoms with van der Waals surface area (Å²) in [5, 5.41) is 4.21. The maximum atomic E-state index is 11.5. The lowest BCUT2D eigenvalue weighted by atomic mass is 10.3. The number of alkyl halides is 1. The molecule has 0 aliphatic carbocycles. The number of hydrogen-bond donors (Lipinski definition) is 0. The van der Waals surface area contributed by atoms with Crippen LogP contribution >= 0.6 is 11.6 Å². The van der Waals surface area contributed by atoms with Crippen molar-refractivity contribution in [1.29, 1.82) is 0 Å². The Balaban J connectivity index is 2.09. The van der Waals surface area contributed by atoms with Crippen LogP contribution in [0.2, 0.25) is 0 Å². The smallest absolute Gasteiger partial charge is 0.224 e. The number of aromatic nitrogens is 2. The van der Waals surface area contributed by atoms with Gasteiger partial charge in [0.05, 0.1) is 23.3 Å². The van der Waals surface area contributed by atoms with E-state index in [0.717, 1.165) is 11.4 Å². The topological polar surface area (TPSA) is 38.1 Å². The van der Waals surface area contributed by atoms with E-state index in [9.17, 15) is 4.79 Å². The molecular weight excluding hydrogens is 214 g/mol. The summed E-state index contributed by atoms with van der Waals surface area (Å²) < 4.78 is 1.81. The molecule has 0 spiro atoms. The molecule has 1 amide bonds. The lowest BCUT2D eigenvalue weighted by Gasteiger charge is -2.15. The van der Waals surface area contributed by atoms with Gasteiger partial charge >= 0.3 is 0 Å². The molecule has 1 unspecified atom stereocenters. The van der Waals surface area contributed by atoms with Crippen LogP contribution in [-0.2, 0) is 18.4 Å². The van der Waals surface area contributed by atoms with Gasteiger partial charge in [-0.3, -0.25) is 9.48 Å². The Labute approximate surface area is 93.8 Å². The predicted molar refractivity (Wildman–Crippen MR) is 57.6 cm³/mol. The van der Waals surface area contributed by atoms with Crippen molar-refractivity contribution in [3.63, 3.8) is 0 Å². The van der Waals surface area contributed by atoms with Gasteiger partial charge in [-0.2, -0.15) is 5.10 Å². The first kappa shape index (κ1) is 10.5. The minimum atomic E-state index is -0.0353. The number of carbonyl (C=O) groups is 1. The molecule has 2 rings (SSSR count). The quantitative estimate of drug-likeness (QED) is 0.709. The molecule has 1 saturated heterocycles. The predicted octanol–water partition coefficient (Wildman–Crippen LogP) is 1.07. The number of rotatable bonds is 2.